The molecule has 1 aromatic rings. The zero-order valence-electron chi connectivity index (χ0n) is 9.12. The molecule has 0 amide bonds. The summed E-state index contributed by atoms with van der Waals surface area (Å²) in [5, 5.41) is 3.42. The smallest absolute Gasteiger partial charge is 0.212 e. The van der Waals surface area contributed by atoms with Crippen molar-refractivity contribution < 1.29 is 4.39 Å². The highest BCUT2D eigenvalue weighted by atomic mass is 19.1. The second-order valence-electron chi connectivity index (χ2n) is 4.68. The fourth-order valence-corrected chi connectivity index (χ4v) is 2.77. The Hall–Kier alpha value is -1.22. The minimum atomic E-state index is -0.401. The van der Waals surface area contributed by atoms with E-state index in [1.807, 2.05) is 6.07 Å². The predicted octanol–water partition coefficient (Wildman–Crippen LogP) is 2.23. The Balaban J connectivity index is 1.83. The van der Waals surface area contributed by atoms with Crippen LogP contribution in [0.2, 0.25) is 0 Å². The van der Waals surface area contributed by atoms with Gasteiger partial charge in [0.15, 0.2) is 0 Å². The molecule has 1 aromatic heterocycles. The van der Waals surface area contributed by atoms with Crippen molar-refractivity contribution in [3.8, 4) is 0 Å². The van der Waals surface area contributed by atoms with Crippen LogP contribution >= 0.6 is 0 Å². The second-order valence-corrected chi connectivity index (χ2v) is 4.68. The lowest BCUT2D eigenvalue weighted by atomic mass is 9.89. The van der Waals surface area contributed by atoms with Gasteiger partial charge in [-0.1, -0.05) is 6.08 Å². The Bertz CT molecular complexity index is 410. The standard InChI is InChI=1S/C13H15FN2/c14-13-2-1-10(8-16-13)11-5-9-3-4-15-7-12(9)6-11/h1-2,6,8-9,12,15H,3-5,7H2/t9-,12-/m1/s1. The largest absolute Gasteiger partial charge is 0.316 e. The minimum absolute atomic E-state index is 0.401. The van der Waals surface area contributed by atoms with E-state index in [0.29, 0.717) is 5.92 Å². The van der Waals surface area contributed by atoms with Gasteiger partial charge in [0, 0.05) is 12.7 Å². The fourth-order valence-electron chi connectivity index (χ4n) is 2.77. The Morgan fingerprint density at radius 1 is 1.38 bits per heavy atom. The van der Waals surface area contributed by atoms with Crippen LogP contribution in [0.1, 0.15) is 18.4 Å². The maximum Gasteiger partial charge on any atom is 0.212 e. The molecular weight excluding hydrogens is 203 g/mol. The molecule has 2 atom stereocenters. The lowest BCUT2D eigenvalue weighted by Gasteiger charge is -2.25. The van der Waals surface area contributed by atoms with Crippen molar-refractivity contribution in [3.05, 3.63) is 35.9 Å². The van der Waals surface area contributed by atoms with E-state index >= 15 is 0 Å². The van der Waals surface area contributed by atoms with Crippen molar-refractivity contribution in [2.45, 2.75) is 12.8 Å². The number of pyridine rings is 1. The molecule has 1 aliphatic carbocycles. The number of nitrogens with zero attached hydrogens (tertiary/aromatic N) is 1. The lowest BCUT2D eigenvalue weighted by Crippen LogP contribution is -2.33. The van der Waals surface area contributed by atoms with Crippen LogP contribution in [0.3, 0.4) is 0 Å². The van der Waals surface area contributed by atoms with Crippen molar-refractivity contribution in [2.75, 3.05) is 13.1 Å². The summed E-state index contributed by atoms with van der Waals surface area (Å²) in [7, 11) is 0. The zero-order valence-corrected chi connectivity index (χ0v) is 9.12. The van der Waals surface area contributed by atoms with E-state index in [1.54, 1.807) is 6.20 Å². The van der Waals surface area contributed by atoms with Crippen molar-refractivity contribution in [2.24, 2.45) is 11.8 Å². The van der Waals surface area contributed by atoms with Crippen LogP contribution in [-0.2, 0) is 0 Å². The molecule has 3 heteroatoms. The predicted molar refractivity (Wildman–Crippen MR) is 61.3 cm³/mol. The molecular formula is C13H15FN2. The molecule has 2 aliphatic rings. The average Bonchev–Trinajstić information content (AvgIpc) is 2.73. The number of hydrogen-bond acceptors (Lipinski definition) is 2. The fraction of sp³-hybridized carbons (Fsp3) is 0.462. The summed E-state index contributed by atoms with van der Waals surface area (Å²) < 4.78 is 12.7. The van der Waals surface area contributed by atoms with E-state index in [0.717, 1.165) is 31.0 Å². The van der Waals surface area contributed by atoms with Gasteiger partial charge in [-0.05, 0) is 54.5 Å². The Morgan fingerprint density at radius 3 is 3.06 bits per heavy atom. The molecule has 3 rings (SSSR count). The molecule has 0 radical (unpaired) electrons. The molecule has 84 valence electrons. The molecule has 1 aliphatic heterocycles. The first-order valence-electron chi connectivity index (χ1n) is 5.86. The van der Waals surface area contributed by atoms with E-state index < -0.39 is 5.95 Å². The molecule has 16 heavy (non-hydrogen) atoms. The Kier molecular flexibility index (Phi) is 2.48. The summed E-state index contributed by atoms with van der Waals surface area (Å²) in [6.07, 6.45) is 6.36. The molecule has 2 heterocycles. The van der Waals surface area contributed by atoms with Crippen LogP contribution < -0.4 is 5.32 Å². The number of fused-ring (bicyclic) bond motifs is 1. The van der Waals surface area contributed by atoms with Crippen LogP contribution in [0.5, 0.6) is 0 Å². The molecule has 1 saturated heterocycles. The van der Waals surface area contributed by atoms with Crippen LogP contribution in [0, 0.1) is 17.8 Å². The van der Waals surface area contributed by atoms with Crippen LogP contribution in [0.15, 0.2) is 24.4 Å². The molecule has 0 spiro atoms. The van der Waals surface area contributed by atoms with Gasteiger partial charge in [-0.3, -0.25) is 0 Å². The molecule has 0 aromatic carbocycles. The quantitative estimate of drug-likeness (QED) is 0.731. The first kappa shape index (κ1) is 9.97. The maximum atomic E-state index is 12.7. The number of nitrogens with one attached hydrogen (secondary N) is 1. The van der Waals surface area contributed by atoms with Gasteiger partial charge < -0.3 is 5.32 Å². The van der Waals surface area contributed by atoms with Gasteiger partial charge in [0.2, 0.25) is 5.95 Å². The third-order valence-corrected chi connectivity index (χ3v) is 3.67. The van der Waals surface area contributed by atoms with Gasteiger partial charge in [0.05, 0.1) is 0 Å². The first-order valence-corrected chi connectivity index (χ1v) is 5.86. The van der Waals surface area contributed by atoms with Gasteiger partial charge >= 0.3 is 0 Å². The van der Waals surface area contributed by atoms with Crippen molar-refractivity contribution >= 4 is 5.57 Å². The highest BCUT2D eigenvalue weighted by Gasteiger charge is 2.29. The number of aromatic nitrogens is 1. The van der Waals surface area contributed by atoms with E-state index in [4.69, 9.17) is 0 Å². The van der Waals surface area contributed by atoms with Crippen LogP contribution in [0.4, 0.5) is 4.39 Å². The topological polar surface area (TPSA) is 24.9 Å². The number of rotatable bonds is 1. The van der Waals surface area contributed by atoms with Gasteiger partial charge in [-0.15, -0.1) is 0 Å². The minimum Gasteiger partial charge on any atom is -0.316 e. The Morgan fingerprint density at radius 2 is 2.31 bits per heavy atom. The summed E-state index contributed by atoms with van der Waals surface area (Å²) in [5.41, 5.74) is 2.42. The van der Waals surface area contributed by atoms with Crippen molar-refractivity contribution in [1.82, 2.24) is 10.3 Å². The summed E-state index contributed by atoms with van der Waals surface area (Å²) in [6.45, 7) is 2.22. The molecule has 1 fully saturated rings. The first-order chi connectivity index (χ1) is 7.83. The summed E-state index contributed by atoms with van der Waals surface area (Å²) >= 11 is 0. The Labute approximate surface area is 94.6 Å². The number of halogens is 1. The highest BCUT2D eigenvalue weighted by Crippen LogP contribution is 2.38. The van der Waals surface area contributed by atoms with Crippen LogP contribution in [-0.4, -0.2) is 18.1 Å². The monoisotopic (exact) mass is 218 g/mol. The van der Waals surface area contributed by atoms with Gasteiger partial charge in [0.1, 0.15) is 0 Å². The third kappa shape index (κ3) is 1.76. The SMILES string of the molecule is Fc1ccc(C2=C[C@@H]3CNCC[C@@H]3C2)cn1. The van der Waals surface area contributed by atoms with Crippen molar-refractivity contribution in [3.63, 3.8) is 0 Å². The molecule has 0 saturated carbocycles. The second kappa shape index (κ2) is 3.98. The average molecular weight is 218 g/mol. The van der Waals surface area contributed by atoms with Gasteiger partial charge in [-0.25, -0.2) is 4.98 Å². The molecule has 0 bridgehead atoms. The number of allylic oxidation sites excluding steroid dienone is 1. The van der Waals surface area contributed by atoms with Gasteiger partial charge in [0.25, 0.3) is 0 Å². The number of piperidine rings is 1. The molecule has 1 N–H and O–H groups in total. The molecule has 0 unspecified atom stereocenters. The van der Waals surface area contributed by atoms with Gasteiger partial charge in [-0.2, -0.15) is 4.39 Å². The summed E-state index contributed by atoms with van der Waals surface area (Å²) in [6, 6.07) is 3.27. The van der Waals surface area contributed by atoms with E-state index in [9.17, 15) is 4.39 Å². The van der Waals surface area contributed by atoms with E-state index in [1.165, 1.54) is 18.1 Å². The van der Waals surface area contributed by atoms with Crippen LogP contribution in [0.25, 0.3) is 5.57 Å². The third-order valence-electron chi connectivity index (χ3n) is 3.67. The normalized spacial score (nSPS) is 28.7. The summed E-state index contributed by atoms with van der Waals surface area (Å²) in [4.78, 5) is 3.72. The van der Waals surface area contributed by atoms with E-state index in [2.05, 4.69) is 16.4 Å². The zero-order chi connectivity index (χ0) is 11.0. The lowest BCUT2D eigenvalue weighted by molar-refractivity contribution is 0.323. The number of hydrogen-bond donors (Lipinski definition) is 1. The summed E-state index contributed by atoms with van der Waals surface area (Å²) in [5.74, 6) is 1.04. The van der Waals surface area contributed by atoms with Crippen molar-refractivity contribution in [1.29, 1.82) is 0 Å². The van der Waals surface area contributed by atoms with E-state index in [-0.39, 0.29) is 0 Å². The molecule has 2 nitrogen and oxygen atoms in total. The maximum absolute atomic E-state index is 12.7. The highest BCUT2D eigenvalue weighted by molar-refractivity contribution is 5.67.